The van der Waals surface area contributed by atoms with Gasteiger partial charge >= 0.3 is 0 Å². The Morgan fingerprint density at radius 1 is 1.29 bits per heavy atom. The lowest BCUT2D eigenvalue weighted by Gasteiger charge is -2.15. The molecule has 114 valence electrons. The maximum atomic E-state index is 9.38. The van der Waals surface area contributed by atoms with E-state index in [2.05, 4.69) is 6.07 Å². The van der Waals surface area contributed by atoms with E-state index in [0.717, 1.165) is 19.3 Å². The van der Waals surface area contributed by atoms with Gasteiger partial charge in [-0.05, 0) is 39.2 Å². The molecule has 0 fully saturated rings. The molecular formula is C16H21NO4. The molecule has 0 atom stereocenters. The van der Waals surface area contributed by atoms with Crippen LogP contribution in [0.3, 0.4) is 0 Å². The summed E-state index contributed by atoms with van der Waals surface area (Å²) in [4.78, 5) is 0. The highest BCUT2D eigenvalue weighted by Crippen LogP contribution is 2.38. The molecule has 0 spiro atoms. The zero-order valence-electron chi connectivity index (χ0n) is 12.5. The summed E-state index contributed by atoms with van der Waals surface area (Å²) in [5, 5.41) is 18.3. The monoisotopic (exact) mass is 291 g/mol. The molecular weight excluding hydrogens is 270 g/mol. The van der Waals surface area contributed by atoms with Gasteiger partial charge in [-0.3, -0.25) is 0 Å². The highest BCUT2D eigenvalue weighted by molar-refractivity contribution is 5.51. The van der Waals surface area contributed by atoms with Crippen LogP contribution in [0.25, 0.3) is 0 Å². The fraction of sp³-hybridized carbons (Fsp3) is 0.562. The van der Waals surface area contributed by atoms with Gasteiger partial charge in [0.1, 0.15) is 5.75 Å². The molecule has 0 unspecified atom stereocenters. The average molecular weight is 291 g/mol. The number of aliphatic hydroxyl groups excluding tert-OH is 1. The molecule has 0 radical (unpaired) electrons. The number of nitrogens with zero attached hydrogens (tertiary/aromatic N) is 1. The second-order valence-electron chi connectivity index (χ2n) is 5.77. The van der Waals surface area contributed by atoms with Crippen molar-refractivity contribution in [3.63, 3.8) is 0 Å². The zero-order chi connectivity index (χ0) is 15.3. The number of rotatable bonds is 7. The van der Waals surface area contributed by atoms with E-state index in [4.69, 9.17) is 19.5 Å². The van der Waals surface area contributed by atoms with E-state index < -0.39 is 0 Å². The van der Waals surface area contributed by atoms with Crippen molar-refractivity contribution in [2.75, 3.05) is 13.4 Å². The Bertz CT molecular complexity index is 534. The standard InChI is InChI=1S/C16H21NO4/c1-16(2,10-17)5-3-4-6-19-13-8-15-14(20-11-21-15)7-12(13)9-18/h7-8,18H,3-6,9,11H2,1-2H3. The van der Waals surface area contributed by atoms with E-state index in [1.807, 2.05) is 13.8 Å². The third kappa shape index (κ3) is 4.02. The van der Waals surface area contributed by atoms with E-state index in [1.165, 1.54) is 0 Å². The SMILES string of the molecule is CC(C)(C#N)CCCCOc1cc2c(cc1CO)OCO2. The molecule has 21 heavy (non-hydrogen) atoms. The van der Waals surface area contributed by atoms with E-state index in [-0.39, 0.29) is 18.8 Å². The molecule has 2 rings (SSSR count). The van der Waals surface area contributed by atoms with E-state index in [9.17, 15) is 5.11 Å². The molecule has 1 N–H and O–H groups in total. The van der Waals surface area contributed by atoms with Gasteiger partial charge in [0.25, 0.3) is 0 Å². The number of benzene rings is 1. The van der Waals surface area contributed by atoms with Gasteiger partial charge in [0.05, 0.1) is 24.7 Å². The molecule has 5 heteroatoms. The Morgan fingerprint density at radius 2 is 2.00 bits per heavy atom. The number of ether oxygens (including phenoxy) is 3. The van der Waals surface area contributed by atoms with Crippen molar-refractivity contribution in [2.24, 2.45) is 5.41 Å². The van der Waals surface area contributed by atoms with Crippen LogP contribution >= 0.6 is 0 Å². The molecule has 1 aromatic rings. The lowest BCUT2D eigenvalue weighted by molar-refractivity contribution is 0.173. The first-order chi connectivity index (χ1) is 10.1. The second kappa shape index (κ2) is 6.68. The summed E-state index contributed by atoms with van der Waals surface area (Å²) in [6.07, 6.45) is 2.64. The number of hydrogen-bond donors (Lipinski definition) is 1. The van der Waals surface area contributed by atoms with E-state index in [1.54, 1.807) is 12.1 Å². The molecule has 1 heterocycles. The number of nitriles is 1. The molecule has 1 aromatic carbocycles. The molecule has 0 aliphatic carbocycles. The second-order valence-corrected chi connectivity index (χ2v) is 5.77. The predicted molar refractivity (Wildman–Crippen MR) is 77.2 cm³/mol. The van der Waals surface area contributed by atoms with E-state index >= 15 is 0 Å². The molecule has 1 aliphatic rings. The molecule has 0 saturated carbocycles. The minimum absolute atomic E-state index is 0.104. The van der Waals surface area contributed by atoms with Crippen LogP contribution in [-0.4, -0.2) is 18.5 Å². The maximum absolute atomic E-state index is 9.38. The Hall–Kier alpha value is -1.93. The first-order valence-electron chi connectivity index (χ1n) is 7.13. The number of fused-ring (bicyclic) bond motifs is 1. The first-order valence-corrected chi connectivity index (χ1v) is 7.13. The average Bonchev–Trinajstić information content (AvgIpc) is 2.93. The smallest absolute Gasteiger partial charge is 0.231 e. The van der Waals surface area contributed by atoms with Gasteiger partial charge in [-0.2, -0.15) is 5.26 Å². The normalized spacial score (nSPS) is 13.0. The highest BCUT2D eigenvalue weighted by Gasteiger charge is 2.18. The molecule has 5 nitrogen and oxygen atoms in total. The Balaban J connectivity index is 1.85. The van der Waals surface area contributed by atoms with Gasteiger partial charge in [-0.1, -0.05) is 0 Å². The number of hydrogen-bond acceptors (Lipinski definition) is 5. The van der Waals surface area contributed by atoms with Gasteiger partial charge in [-0.25, -0.2) is 0 Å². The summed E-state index contributed by atoms with van der Waals surface area (Å²) in [5.74, 6) is 1.91. The lowest BCUT2D eigenvalue weighted by atomic mass is 9.89. The molecule has 0 bridgehead atoms. The van der Waals surface area contributed by atoms with Crippen molar-refractivity contribution >= 4 is 0 Å². The van der Waals surface area contributed by atoms with Gasteiger partial charge in [0.15, 0.2) is 11.5 Å². The van der Waals surface area contributed by atoms with Gasteiger partial charge < -0.3 is 19.3 Å². The van der Waals surface area contributed by atoms with Crippen LogP contribution in [0.4, 0.5) is 0 Å². The summed E-state index contributed by atoms with van der Waals surface area (Å²) in [6, 6.07) is 5.80. The van der Waals surface area contributed by atoms with Crippen LogP contribution in [0, 0.1) is 16.7 Å². The minimum atomic E-state index is -0.283. The first kappa shape index (κ1) is 15.5. The van der Waals surface area contributed by atoms with Crippen molar-refractivity contribution in [1.29, 1.82) is 5.26 Å². The number of unbranched alkanes of at least 4 members (excludes halogenated alkanes) is 1. The topological polar surface area (TPSA) is 71.7 Å². The van der Waals surface area contributed by atoms with Crippen molar-refractivity contribution in [2.45, 2.75) is 39.7 Å². The van der Waals surface area contributed by atoms with Crippen LogP contribution < -0.4 is 14.2 Å². The molecule has 0 amide bonds. The largest absolute Gasteiger partial charge is 0.493 e. The predicted octanol–water partition coefficient (Wildman–Crippen LogP) is 3.01. The Labute approximate surface area is 125 Å². The summed E-state index contributed by atoms with van der Waals surface area (Å²) in [5.41, 5.74) is 0.409. The quantitative estimate of drug-likeness (QED) is 0.782. The van der Waals surface area contributed by atoms with Crippen molar-refractivity contribution in [3.8, 4) is 23.3 Å². The van der Waals surface area contributed by atoms with Crippen molar-refractivity contribution in [1.82, 2.24) is 0 Å². The van der Waals surface area contributed by atoms with Crippen LogP contribution in [0.2, 0.25) is 0 Å². The molecule has 0 saturated heterocycles. The Kier molecular flexibility index (Phi) is 4.92. The fourth-order valence-corrected chi connectivity index (χ4v) is 2.13. The fourth-order valence-electron chi connectivity index (χ4n) is 2.13. The summed E-state index contributed by atoms with van der Waals surface area (Å²) in [7, 11) is 0. The zero-order valence-corrected chi connectivity index (χ0v) is 12.5. The lowest BCUT2D eigenvalue weighted by Crippen LogP contribution is -2.08. The third-order valence-electron chi connectivity index (χ3n) is 3.48. The summed E-state index contributed by atoms with van der Waals surface area (Å²) < 4.78 is 16.3. The third-order valence-corrected chi connectivity index (χ3v) is 3.48. The Morgan fingerprint density at radius 3 is 2.67 bits per heavy atom. The van der Waals surface area contributed by atoms with E-state index in [0.29, 0.717) is 29.4 Å². The number of aliphatic hydroxyl groups is 1. The van der Waals surface area contributed by atoms with Crippen LogP contribution in [-0.2, 0) is 6.61 Å². The molecule has 0 aromatic heterocycles. The van der Waals surface area contributed by atoms with Crippen molar-refractivity contribution in [3.05, 3.63) is 17.7 Å². The summed E-state index contributed by atoms with van der Waals surface area (Å²) in [6.45, 7) is 4.53. The summed E-state index contributed by atoms with van der Waals surface area (Å²) >= 11 is 0. The maximum Gasteiger partial charge on any atom is 0.231 e. The highest BCUT2D eigenvalue weighted by atomic mass is 16.7. The van der Waals surface area contributed by atoms with Gasteiger partial charge in [0.2, 0.25) is 6.79 Å². The molecule has 1 aliphatic heterocycles. The van der Waals surface area contributed by atoms with Gasteiger partial charge in [-0.15, -0.1) is 0 Å². The minimum Gasteiger partial charge on any atom is -0.493 e. The van der Waals surface area contributed by atoms with Crippen LogP contribution in [0.15, 0.2) is 12.1 Å². The van der Waals surface area contributed by atoms with Crippen LogP contribution in [0.1, 0.15) is 38.7 Å². The van der Waals surface area contributed by atoms with Crippen molar-refractivity contribution < 1.29 is 19.3 Å². The van der Waals surface area contributed by atoms with Gasteiger partial charge in [0, 0.05) is 11.6 Å². The van der Waals surface area contributed by atoms with Crippen LogP contribution in [0.5, 0.6) is 17.2 Å².